The molecule has 1 aromatic heterocycles. The van der Waals surface area contributed by atoms with E-state index in [9.17, 15) is 14.4 Å². The minimum Gasteiger partial charge on any atom is -0.352 e. The number of anilines is 2. The highest BCUT2D eigenvalue weighted by Gasteiger charge is 2.70. The van der Waals surface area contributed by atoms with Crippen LogP contribution in [0.3, 0.4) is 0 Å². The maximum absolute atomic E-state index is 14.6. The van der Waals surface area contributed by atoms with Crippen LogP contribution < -0.4 is 10.2 Å². The monoisotopic (exact) mass is 536 g/mol. The Labute approximate surface area is 228 Å². The fraction of sp³-hybridized carbons (Fsp3) is 0.129. The zero-order chi connectivity index (χ0) is 26.0. The standard InChI is InChI=1S/C31H21ClN2O3S/c32-20-14-11-19(12-15-20)28(35)26-27(29(36)24-10-5-17-38-24)34-23-9-4-1-6-18(23)13-16-25(34)31(26)21-7-2-3-8-22(21)33-30(31)37/h1-17,25-27H,(H,33,37)/t25-,26+,27-,31+/m0/s1. The minimum atomic E-state index is -1.31. The molecule has 1 N–H and O–H groups in total. The van der Waals surface area contributed by atoms with Crippen molar-refractivity contribution in [1.29, 1.82) is 0 Å². The number of Topliss-reactive ketones (excluding diaryl/α,β-unsaturated/α-hetero) is 2. The summed E-state index contributed by atoms with van der Waals surface area (Å²) in [7, 11) is 0. The Morgan fingerprint density at radius 2 is 1.66 bits per heavy atom. The van der Waals surface area contributed by atoms with Gasteiger partial charge in [-0.15, -0.1) is 11.3 Å². The lowest BCUT2D eigenvalue weighted by Crippen LogP contribution is -2.51. The molecule has 1 spiro atoms. The van der Waals surface area contributed by atoms with Crippen molar-refractivity contribution < 1.29 is 14.4 Å². The number of nitrogens with zero attached hydrogens (tertiary/aromatic N) is 1. The Morgan fingerprint density at radius 1 is 0.895 bits per heavy atom. The summed E-state index contributed by atoms with van der Waals surface area (Å²) in [6.07, 6.45) is 3.97. The highest BCUT2D eigenvalue weighted by Crippen LogP contribution is 2.58. The first-order valence-electron chi connectivity index (χ1n) is 12.4. The van der Waals surface area contributed by atoms with Crippen LogP contribution in [0.4, 0.5) is 11.4 Å². The van der Waals surface area contributed by atoms with Gasteiger partial charge in [0.15, 0.2) is 11.6 Å². The molecule has 4 aromatic rings. The number of nitrogens with one attached hydrogen (secondary N) is 1. The van der Waals surface area contributed by atoms with Gasteiger partial charge in [0, 0.05) is 22.0 Å². The van der Waals surface area contributed by atoms with Crippen LogP contribution in [0, 0.1) is 5.92 Å². The van der Waals surface area contributed by atoms with Crippen molar-refractivity contribution in [2.45, 2.75) is 17.5 Å². The number of fused-ring (bicyclic) bond motifs is 6. The number of para-hydroxylation sites is 2. The van der Waals surface area contributed by atoms with Gasteiger partial charge in [-0.25, -0.2) is 0 Å². The average molecular weight is 537 g/mol. The number of benzene rings is 3. The molecule has 0 unspecified atom stereocenters. The Kier molecular flexibility index (Phi) is 5.18. The topological polar surface area (TPSA) is 66.5 Å². The van der Waals surface area contributed by atoms with E-state index in [1.54, 1.807) is 30.3 Å². The molecule has 1 fully saturated rings. The molecule has 0 saturated carbocycles. The number of hydrogen-bond donors (Lipinski definition) is 1. The summed E-state index contributed by atoms with van der Waals surface area (Å²) in [6, 6.07) is 24.1. The van der Waals surface area contributed by atoms with Gasteiger partial charge < -0.3 is 10.2 Å². The number of halogens is 1. The minimum absolute atomic E-state index is 0.170. The first-order valence-corrected chi connectivity index (χ1v) is 13.6. The molecule has 0 radical (unpaired) electrons. The molecule has 1 amide bonds. The van der Waals surface area contributed by atoms with Crippen molar-refractivity contribution in [1.82, 2.24) is 0 Å². The summed E-state index contributed by atoms with van der Waals surface area (Å²) in [4.78, 5) is 45.8. The molecule has 0 bridgehead atoms. The van der Waals surface area contributed by atoms with Crippen LogP contribution in [0.2, 0.25) is 5.02 Å². The molecule has 4 heterocycles. The summed E-state index contributed by atoms with van der Waals surface area (Å²) in [5.41, 5.74) is 2.28. The second kappa shape index (κ2) is 8.51. The molecule has 7 heteroatoms. The van der Waals surface area contributed by atoms with Crippen LogP contribution in [0.15, 0.2) is 96.4 Å². The first kappa shape index (κ1) is 23.1. The van der Waals surface area contributed by atoms with Gasteiger partial charge in [-0.2, -0.15) is 0 Å². The summed E-state index contributed by atoms with van der Waals surface area (Å²) in [5.74, 6) is -1.69. The second-order valence-corrected chi connectivity index (χ2v) is 11.2. The Bertz CT molecular complexity index is 1650. The first-order chi connectivity index (χ1) is 18.5. The van der Waals surface area contributed by atoms with Gasteiger partial charge in [0.05, 0.1) is 16.8 Å². The predicted molar refractivity (Wildman–Crippen MR) is 150 cm³/mol. The average Bonchev–Trinajstić information content (AvgIpc) is 3.65. The fourth-order valence-electron chi connectivity index (χ4n) is 6.48. The number of carbonyl (C=O) groups excluding carboxylic acids is 3. The third-order valence-electron chi connectivity index (χ3n) is 7.99. The van der Waals surface area contributed by atoms with Crippen LogP contribution in [-0.4, -0.2) is 29.6 Å². The van der Waals surface area contributed by atoms with Crippen molar-refractivity contribution in [3.05, 3.63) is 123 Å². The lowest BCUT2D eigenvalue weighted by atomic mass is 9.64. The summed E-state index contributed by atoms with van der Waals surface area (Å²) in [6.45, 7) is 0. The molecular weight excluding hydrogens is 516 g/mol. The van der Waals surface area contributed by atoms with Gasteiger partial charge in [-0.3, -0.25) is 14.4 Å². The normalized spacial score (nSPS) is 24.6. The van der Waals surface area contributed by atoms with Gasteiger partial charge in [0.25, 0.3) is 0 Å². The molecule has 0 aliphatic carbocycles. The number of thiophene rings is 1. The number of carbonyl (C=O) groups is 3. The van der Waals surface area contributed by atoms with Gasteiger partial charge in [0.2, 0.25) is 5.91 Å². The molecule has 1 saturated heterocycles. The van der Waals surface area contributed by atoms with E-state index >= 15 is 0 Å². The highest BCUT2D eigenvalue weighted by molar-refractivity contribution is 7.12. The number of ketones is 2. The van der Waals surface area contributed by atoms with Crippen LogP contribution in [0.5, 0.6) is 0 Å². The predicted octanol–water partition coefficient (Wildman–Crippen LogP) is 6.26. The van der Waals surface area contributed by atoms with Crippen LogP contribution in [-0.2, 0) is 10.2 Å². The third-order valence-corrected chi connectivity index (χ3v) is 9.12. The maximum atomic E-state index is 14.6. The molecule has 7 rings (SSSR count). The molecule has 4 atom stereocenters. The number of amides is 1. The Balaban J connectivity index is 1.54. The van der Waals surface area contributed by atoms with E-state index in [1.165, 1.54) is 11.3 Å². The van der Waals surface area contributed by atoms with Gasteiger partial charge in [-0.05, 0) is 59.0 Å². The van der Waals surface area contributed by atoms with Crippen molar-refractivity contribution in [2.75, 3.05) is 10.2 Å². The van der Waals surface area contributed by atoms with Gasteiger partial charge in [0.1, 0.15) is 11.5 Å². The van der Waals surface area contributed by atoms with Crippen molar-refractivity contribution in [3.63, 3.8) is 0 Å². The molecular formula is C31H21ClN2O3S. The zero-order valence-corrected chi connectivity index (χ0v) is 21.6. The Morgan fingerprint density at radius 3 is 2.45 bits per heavy atom. The summed E-state index contributed by atoms with van der Waals surface area (Å²) in [5, 5.41) is 5.41. The van der Waals surface area contributed by atoms with Crippen LogP contribution in [0.25, 0.3) is 6.08 Å². The quantitative estimate of drug-likeness (QED) is 0.313. The fourth-order valence-corrected chi connectivity index (χ4v) is 7.30. The summed E-state index contributed by atoms with van der Waals surface area (Å²) >= 11 is 7.49. The van der Waals surface area contributed by atoms with Crippen molar-refractivity contribution in [2.24, 2.45) is 5.92 Å². The van der Waals surface area contributed by atoms with Crippen molar-refractivity contribution >= 4 is 57.9 Å². The molecule has 38 heavy (non-hydrogen) atoms. The van der Waals surface area contributed by atoms with Crippen LogP contribution in [0.1, 0.15) is 31.2 Å². The maximum Gasteiger partial charge on any atom is 0.238 e. The van der Waals surface area contributed by atoms with E-state index in [4.69, 9.17) is 11.6 Å². The molecule has 5 nitrogen and oxygen atoms in total. The number of rotatable bonds is 4. The lowest BCUT2D eigenvalue weighted by molar-refractivity contribution is -0.121. The van der Waals surface area contributed by atoms with E-state index in [0.29, 0.717) is 21.2 Å². The van der Waals surface area contributed by atoms with E-state index in [0.717, 1.165) is 16.8 Å². The highest BCUT2D eigenvalue weighted by atomic mass is 35.5. The van der Waals surface area contributed by atoms with E-state index in [2.05, 4.69) is 5.32 Å². The lowest BCUT2D eigenvalue weighted by Gasteiger charge is -2.37. The Hall–Kier alpha value is -4.00. The molecule has 186 valence electrons. The smallest absolute Gasteiger partial charge is 0.238 e. The molecule has 3 aliphatic heterocycles. The van der Waals surface area contributed by atoms with Crippen molar-refractivity contribution in [3.8, 4) is 0 Å². The largest absolute Gasteiger partial charge is 0.352 e. The third kappa shape index (κ3) is 3.08. The molecule has 3 aromatic carbocycles. The SMILES string of the molecule is O=C(c1cccs1)[C@@H]1[C@H](C(=O)c2ccc(Cl)cc2)[C@]2(C(=O)Nc3ccccc32)[C@@H]2C=Cc3ccccc3N12. The van der Waals surface area contributed by atoms with E-state index in [-0.39, 0.29) is 17.5 Å². The van der Waals surface area contributed by atoms with Gasteiger partial charge in [-0.1, -0.05) is 66.2 Å². The zero-order valence-electron chi connectivity index (χ0n) is 20.0. The van der Waals surface area contributed by atoms with Gasteiger partial charge >= 0.3 is 0 Å². The van der Waals surface area contributed by atoms with Crippen LogP contribution >= 0.6 is 22.9 Å². The van der Waals surface area contributed by atoms with E-state index < -0.39 is 23.4 Å². The van der Waals surface area contributed by atoms with E-state index in [1.807, 2.05) is 77.0 Å². The second-order valence-electron chi connectivity index (χ2n) is 9.77. The number of hydrogen-bond acceptors (Lipinski definition) is 5. The summed E-state index contributed by atoms with van der Waals surface area (Å²) < 4.78 is 0. The molecule has 3 aliphatic rings.